The highest BCUT2D eigenvalue weighted by Crippen LogP contribution is 2.31. The van der Waals surface area contributed by atoms with Gasteiger partial charge in [-0.3, -0.25) is 15.4 Å². The van der Waals surface area contributed by atoms with Gasteiger partial charge in [0.05, 0.1) is 31.4 Å². The molecule has 0 radical (unpaired) electrons. The van der Waals surface area contributed by atoms with E-state index in [4.69, 9.17) is 25.0 Å². The summed E-state index contributed by atoms with van der Waals surface area (Å²) in [7, 11) is 3.09. The molecule has 1 amide bonds. The lowest BCUT2D eigenvalue weighted by molar-refractivity contribution is 0.115. The standard InChI is InChI=1S/C25H32N6O4.2H2/c1-16(2)35-25(32)29-13-9-8-12-28-24-23(27)31(22(26)17-10-6-5-7-11-17)19-15-21(34-4)20(33-3)14-18(19)30-24;;/h5-7,10-11,14-16,26-27H,8-9,12-13H2,1-4H3,(H,28,30)(H,29,32);2*1H. The minimum Gasteiger partial charge on any atom is -0.493 e. The van der Waals surface area contributed by atoms with Crippen LogP contribution in [0.5, 0.6) is 11.5 Å². The number of hydrogen-bond donors (Lipinski definition) is 4. The number of hydrogen-bond acceptors (Lipinski definition) is 8. The highest BCUT2D eigenvalue weighted by Gasteiger charge is 2.17. The molecule has 0 saturated carbocycles. The van der Waals surface area contributed by atoms with Crippen LogP contribution in [0.4, 0.5) is 10.6 Å². The van der Waals surface area contributed by atoms with Gasteiger partial charge in [0.2, 0.25) is 0 Å². The minimum absolute atomic E-state index is 0. The summed E-state index contributed by atoms with van der Waals surface area (Å²) in [5, 5.41) is 23.6. The van der Waals surface area contributed by atoms with Crippen LogP contribution in [0.25, 0.3) is 11.0 Å². The quantitative estimate of drug-likeness (QED) is 0.193. The van der Waals surface area contributed by atoms with Gasteiger partial charge in [0.25, 0.3) is 0 Å². The first-order valence-electron chi connectivity index (χ1n) is 11.4. The molecule has 0 bridgehead atoms. The van der Waals surface area contributed by atoms with E-state index in [1.807, 2.05) is 30.3 Å². The average molecular weight is 485 g/mol. The molecule has 0 saturated heterocycles. The van der Waals surface area contributed by atoms with Crippen LogP contribution in [0.15, 0.2) is 42.5 Å². The Morgan fingerprint density at radius 2 is 1.74 bits per heavy atom. The maximum atomic E-state index is 11.6. The van der Waals surface area contributed by atoms with E-state index in [0.29, 0.717) is 47.0 Å². The van der Waals surface area contributed by atoms with Crippen molar-refractivity contribution in [3.8, 4) is 11.5 Å². The van der Waals surface area contributed by atoms with Gasteiger partial charge >= 0.3 is 6.09 Å². The van der Waals surface area contributed by atoms with Gasteiger partial charge in [-0.25, -0.2) is 9.78 Å². The van der Waals surface area contributed by atoms with Crippen LogP contribution in [-0.2, 0) is 4.74 Å². The number of amides is 1. The first-order valence-corrected chi connectivity index (χ1v) is 11.4. The first kappa shape index (κ1) is 25.5. The molecular formula is C25H36N6O4. The fraction of sp³-hybridized carbons (Fsp3) is 0.360. The van der Waals surface area contributed by atoms with Crippen molar-refractivity contribution in [1.29, 1.82) is 10.8 Å². The second-order valence-corrected chi connectivity index (χ2v) is 8.07. The number of ether oxygens (including phenoxy) is 3. The molecule has 190 valence electrons. The fourth-order valence-corrected chi connectivity index (χ4v) is 3.51. The summed E-state index contributed by atoms with van der Waals surface area (Å²) in [4.78, 5) is 16.2. The number of nitrogens with zero attached hydrogens (tertiary/aromatic N) is 2. The van der Waals surface area contributed by atoms with Crippen LogP contribution < -0.4 is 25.6 Å². The topological polar surface area (TPSA) is 134 Å². The molecule has 0 fully saturated rings. The number of nitrogens with one attached hydrogen (secondary N) is 4. The van der Waals surface area contributed by atoms with Gasteiger partial charge in [-0.15, -0.1) is 0 Å². The van der Waals surface area contributed by atoms with Gasteiger partial charge in [0.1, 0.15) is 5.84 Å². The molecule has 10 heteroatoms. The highest BCUT2D eigenvalue weighted by molar-refractivity contribution is 6.03. The van der Waals surface area contributed by atoms with Crippen molar-refractivity contribution < 1.29 is 21.9 Å². The maximum Gasteiger partial charge on any atom is 0.407 e. The molecule has 0 aliphatic carbocycles. The van der Waals surface area contributed by atoms with Crippen LogP contribution in [-0.4, -0.2) is 54.9 Å². The number of fused-ring (bicyclic) bond motifs is 1. The molecule has 0 atom stereocenters. The number of methoxy groups -OCH3 is 2. The third-order valence-electron chi connectivity index (χ3n) is 5.18. The van der Waals surface area contributed by atoms with E-state index < -0.39 is 6.09 Å². The molecule has 3 rings (SSSR count). The number of aromatic nitrogens is 2. The average Bonchev–Trinajstić information content (AvgIpc) is 2.85. The van der Waals surface area contributed by atoms with Crippen LogP contribution in [0.3, 0.4) is 0 Å². The molecule has 10 nitrogen and oxygen atoms in total. The lowest BCUT2D eigenvalue weighted by Gasteiger charge is -2.17. The van der Waals surface area contributed by atoms with Gasteiger partial charge in [0.15, 0.2) is 22.8 Å². The zero-order chi connectivity index (χ0) is 25.4. The number of unbranched alkanes of at least 4 members (excludes halogenated alkanes) is 1. The van der Waals surface area contributed by atoms with Crippen LogP contribution in [0, 0.1) is 10.8 Å². The largest absolute Gasteiger partial charge is 0.493 e. The number of anilines is 1. The number of benzene rings is 2. The first-order chi connectivity index (χ1) is 16.8. The lowest BCUT2D eigenvalue weighted by atomic mass is 10.2. The fourth-order valence-electron chi connectivity index (χ4n) is 3.51. The van der Waals surface area contributed by atoms with Gasteiger partial charge in [0, 0.05) is 33.6 Å². The number of carbonyl (C=O) groups is 1. The summed E-state index contributed by atoms with van der Waals surface area (Å²) in [6.07, 6.45) is 0.878. The molecule has 1 heterocycles. The summed E-state index contributed by atoms with van der Waals surface area (Å²) in [5.74, 6) is 1.48. The monoisotopic (exact) mass is 484 g/mol. The Morgan fingerprint density at radius 1 is 1.09 bits per heavy atom. The number of rotatable bonds is 10. The van der Waals surface area contributed by atoms with E-state index in [9.17, 15) is 4.79 Å². The smallest absolute Gasteiger partial charge is 0.407 e. The summed E-state index contributed by atoms with van der Waals surface area (Å²) in [6, 6.07) is 12.7. The van der Waals surface area contributed by atoms with E-state index in [0.717, 1.165) is 12.8 Å². The molecule has 0 spiro atoms. The lowest BCUT2D eigenvalue weighted by Crippen LogP contribution is -2.31. The molecular weight excluding hydrogens is 448 g/mol. The Kier molecular flexibility index (Phi) is 8.66. The summed E-state index contributed by atoms with van der Waals surface area (Å²) in [6.45, 7) is 4.63. The van der Waals surface area contributed by atoms with Gasteiger partial charge in [-0.05, 0) is 26.7 Å². The molecule has 35 heavy (non-hydrogen) atoms. The van der Waals surface area contributed by atoms with Crippen LogP contribution >= 0.6 is 0 Å². The molecule has 1 aromatic heterocycles. The van der Waals surface area contributed by atoms with Crippen molar-refractivity contribution in [2.75, 3.05) is 32.6 Å². The molecule has 3 aromatic rings. The molecule has 0 unspecified atom stereocenters. The summed E-state index contributed by atoms with van der Waals surface area (Å²) in [5.41, 5.74) is 1.83. The van der Waals surface area contributed by atoms with E-state index in [1.54, 1.807) is 40.2 Å². The molecule has 2 aromatic carbocycles. The van der Waals surface area contributed by atoms with E-state index >= 15 is 0 Å². The number of alkyl carbamates (subject to hydrolysis) is 1. The minimum atomic E-state index is -0.428. The van der Waals surface area contributed by atoms with Crippen molar-refractivity contribution in [3.63, 3.8) is 0 Å². The van der Waals surface area contributed by atoms with Crippen molar-refractivity contribution in [1.82, 2.24) is 14.9 Å². The zero-order valence-electron chi connectivity index (χ0n) is 20.5. The van der Waals surface area contributed by atoms with E-state index in [1.165, 1.54) is 4.57 Å². The van der Waals surface area contributed by atoms with Gasteiger partial charge in [-0.2, -0.15) is 0 Å². The Balaban J connectivity index is 0.00000342. The van der Waals surface area contributed by atoms with Gasteiger partial charge in [-0.1, -0.05) is 30.3 Å². The summed E-state index contributed by atoms with van der Waals surface area (Å²) >= 11 is 0. The SMILES string of the molecule is COc1cc2nc(NCCCCNC(=O)OC(C)C)c(=N)n(C(=N)c3ccccc3)c2cc1OC.[HH].[HH]. The van der Waals surface area contributed by atoms with E-state index in [2.05, 4.69) is 15.6 Å². The Labute approximate surface area is 207 Å². The molecule has 4 N–H and O–H groups in total. The molecule has 0 aliphatic heterocycles. The van der Waals surface area contributed by atoms with Crippen LogP contribution in [0.1, 0.15) is 35.1 Å². The maximum absolute atomic E-state index is 11.6. The van der Waals surface area contributed by atoms with Crippen molar-refractivity contribution in [3.05, 3.63) is 53.5 Å². The van der Waals surface area contributed by atoms with Crippen molar-refractivity contribution in [2.24, 2.45) is 0 Å². The second-order valence-electron chi connectivity index (χ2n) is 8.07. The Hall–Kier alpha value is -4.08. The normalized spacial score (nSPS) is 10.8. The second kappa shape index (κ2) is 11.9. The molecule has 0 aliphatic rings. The van der Waals surface area contributed by atoms with Crippen molar-refractivity contribution >= 4 is 28.8 Å². The van der Waals surface area contributed by atoms with E-state index in [-0.39, 0.29) is 20.3 Å². The van der Waals surface area contributed by atoms with Crippen LogP contribution in [0.2, 0.25) is 0 Å². The summed E-state index contributed by atoms with van der Waals surface area (Å²) < 4.78 is 17.5. The highest BCUT2D eigenvalue weighted by atomic mass is 16.6. The van der Waals surface area contributed by atoms with Gasteiger partial charge < -0.3 is 24.8 Å². The van der Waals surface area contributed by atoms with Crippen molar-refractivity contribution in [2.45, 2.75) is 32.8 Å². The third-order valence-corrected chi connectivity index (χ3v) is 5.18. The number of carbonyl (C=O) groups excluding carboxylic acids is 1. The predicted octanol–water partition coefficient (Wildman–Crippen LogP) is 4.23. The zero-order valence-corrected chi connectivity index (χ0v) is 20.5. The Morgan fingerprint density at radius 3 is 2.40 bits per heavy atom. The Bertz CT molecular complexity index is 1250. The third kappa shape index (κ3) is 6.28. The predicted molar refractivity (Wildman–Crippen MR) is 139 cm³/mol.